The highest BCUT2D eigenvalue weighted by Crippen LogP contribution is 2.30. The van der Waals surface area contributed by atoms with Crippen LogP contribution in [0.2, 0.25) is 5.02 Å². The van der Waals surface area contributed by atoms with Gasteiger partial charge in [-0.2, -0.15) is 4.31 Å². The summed E-state index contributed by atoms with van der Waals surface area (Å²) in [5, 5.41) is 3.29. The SMILES string of the molecule is Cc1cc(C)c(Cc2csc(N3CCN(S(=O)(=O)c4ccc(Br)cc4Cl)CC3)n2)c(C)c1. The van der Waals surface area contributed by atoms with E-state index in [-0.39, 0.29) is 9.92 Å². The van der Waals surface area contributed by atoms with Crippen LogP contribution in [0.1, 0.15) is 27.9 Å². The molecule has 0 N–H and O–H groups in total. The number of sulfonamides is 1. The highest BCUT2D eigenvalue weighted by atomic mass is 79.9. The maximum absolute atomic E-state index is 13.1. The molecule has 4 rings (SSSR count). The topological polar surface area (TPSA) is 53.5 Å². The van der Waals surface area contributed by atoms with Crippen molar-refractivity contribution in [3.63, 3.8) is 0 Å². The quantitative estimate of drug-likeness (QED) is 0.413. The minimum atomic E-state index is -3.63. The molecule has 3 aromatic rings. The summed E-state index contributed by atoms with van der Waals surface area (Å²) in [7, 11) is -3.63. The van der Waals surface area contributed by atoms with Gasteiger partial charge in [-0.15, -0.1) is 11.3 Å². The Morgan fingerprint density at radius 2 is 1.72 bits per heavy atom. The van der Waals surface area contributed by atoms with E-state index in [4.69, 9.17) is 16.6 Å². The van der Waals surface area contributed by atoms with Crippen LogP contribution in [0.15, 0.2) is 45.1 Å². The molecular formula is C23H25BrClN3O2S2. The van der Waals surface area contributed by atoms with Crippen molar-refractivity contribution in [3.05, 3.63) is 73.2 Å². The molecule has 5 nitrogen and oxygen atoms in total. The molecule has 0 bridgehead atoms. The Morgan fingerprint density at radius 1 is 1.06 bits per heavy atom. The van der Waals surface area contributed by atoms with E-state index in [1.807, 2.05) is 0 Å². The number of benzene rings is 2. The molecule has 1 aliphatic heterocycles. The Balaban J connectivity index is 1.44. The van der Waals surface area contributed by atoms with Crippen LogP contribution in [-0.2, 0) is 16.4 Å². The largest absolute Gasteiger partial charge is 0.345 e. The van der Waals surface area contributed by atoms with E-state index in [0.29, 0.717) is 26.2 Å². The van der Waals surface area contributed by atoms with Gasteiger partial charge in [0.25, 0.3) is 0 Å². The van der Waals surface area contributed by atoms with Crippen molar-refractivity contribution >= 4 is 54.0 Å². The fraction of sp³-hybridized carbons (Fsp3) is 0.348. The molecule has 0 aliphatic carbocycles. The summed E-state index contributed by atoms with van der Waals surface area (Å²) in [4.78, 5) is 7.17. The molecule has 0 radical (unpaired) electrons. The zero-order valence-electron chi connectivity index (χ0n) is 18.2. The first-order chi connectivity index (χ1) is 15.1. The van der Waals surface area contributed by atoms with Gasteiger partial charge in [-0.1, -0.05) is 45.2 Å². The van der Waals surface area contributed by atoms with E-state index in [2.05, 4.69) is 59.1 Å². The lowest BCUT2D eigenvalue weighted by Crippen LogP contribution is -2.48. The lowest BCUT2D eigenvalue weighted by Gasteiger charge is -2.34. The summed E-state index contributed by atoms with van der Waals surface area (Å²) >= 11 is 11.1. The van der Waals surface area contributed by atoms with Crippen molar-refractivity contribution in [3.8, 4) is 0 Å². The van der Waals surface area contributed by atoms with Gasteiger partial charge in [0.05, 0.1) is 10.7 Å². The first kappa shape index (κ1) is 23.7. The maximum atomic E-state index is 13.1. The number of hydrogen-bond acceptors (Lipinski definition) is 5. The van der Waals surface area contributed by atoms with E-state index >= 15 is 0 Å². The molecule has 0 atom stereocenters. The van der Waals surface area contributed by atoms with E-state index in [9.17, 15) is 8.42 Å². The molecule has 0 saturated carbocycles. The highest BCUT2D eigenvalue weighted by molar-refractivity contribution is 9.10. The molecule has 9 heteroatoms. The third-order valence-corrected chi connectivity index (χ3v) is 9.58. The number of thiazole rings is 1. The van der Waals surface area contributed by atoms with Crippen LogP contribution in [-0.4, -0.2) is 43.9 Å². The predicted molar refractivity (Wildman–Crippen MR) is 136 cm³/mol. The van der Waals surface area contributed by atoms with Crippen LogP contribution in [0.25, 0.3) is 0 Å². The van der Waals surface area contributed by atoms with Gasteiger partial charge >= 0.3 is 0 Å². The predicted octanol–water partition coefficient (Wildman–Crippen LogP) is 5.59. The lowest BCUT2D eigenvalue weighted by molar-refractivity contribution is 0.384. The minimum absolute atomic E-state index is 0.149. The molecule has 1 fully saturated rings. The van der Waals surface area contributed by atoms with Crippen molar-refractivity contribution in [1.82, 2.24) is 9.29 Å². The number of nitrogens with zero attached hydrogens (tertiary/aromatic N) is 3. The van der Waals surface area contributed by atoms with Crippen molar-refractivity contribution in [2.24, 2.45) is 0 Å². The number of rotatable bonds is 5. The Morgan fingerprint density at radius 3 is 2.34 bits per heavy atom. The summed E-state index contributed by atoms with van der Waals surface area (Å²) < 4.78 is 28.4. The molecule has 1 aliphatic rings. The normalized spacial score (nSPS) is 15.3. The van der Waals surface area contributed by atoms with Crippen LogP contribution in [0.4, 0.5) is 5.13 Å². The zero-order chi connectivity index (χ0) is 23.0. The van der Waals surface area contributed by atoms with E-state index in [1.165, 1.54) is 26.6 Å². The summed E-state index contributed by atoms with van der Waals surface area (Å²) in [5.41, 5.74) is 6.25. The van der Waals surface area contributed by atoms with Crippen molar-refractivity contribution in [1.29, 1.82) is 0 Å². The number of piperazine rings is 1. The molecule has 2 heterocycles. The summed E-state index contributed by atoms with van der Waals surface area (Å²) in [6.07, 6.45) is 0.810. The summed E-state index contributed by atoms with van der Waals surface area (Å²) in [5.74, 6) is 0. The highest BCUT2D eigenvalue weighted by Gasteiger charge is 2.31. The van der Waals surface area contributed by atoms with Crippen LogP contribution in [0, 0.1) is 20.8 Å². The Bertz CT molecular complexity index is 1230. The third kappa shape index (κ3) is 4.89. The van der Waals surface area contributed by atoms with E-state index in [0.717, 1.165) is 21.7 Å². The molecule has 1 aromatic heterocycles. The molecule has 1 saturated heterocycles. The number of halogens is 2. The van der Waals surface area contributed by atoms with Gasteiger partial charge in [0, 0.05) is 42.5 Å². The maximum Gasteiger partial charge on any atom is 0.244 e. The fourth-order valence-corrected chi connectivity index (χ4v) is 7.45. The van der Waals surface area contributed by atoms with Crippen molar-refractivity contribution in [2.75, 3.05) is 31.1 Å². The lowest BCUT2D eigenvalue weighted by atomic mass is 9.96. The van der Waals surface area contributed by atoms with Gasteiger partial charge in [-0.25, -0.2) is 13.4 Å². The number of anilines is 1. The Kier molecular flexibility index (Phi) is 6.98. The minimum Gasteiger partial charge on any atom is -0.345 e. The Hall–Kier alpha value is -1.45. The first-order valence-corrected chi connectivity index (χ1v) is 13.9. The van der Waals surface area contributed by atoms with Crippen LogP contribution in [0.3, 0.4) is 0 Å². The van der Waals surface area contributed by atoms with Gasteiger partial charge in [0.15, 0.2) is 5.13 Å². The van der Waals surface area contributed by atoms with E-state index in [1.54, 1.807) is 29.5 Å². The van der Waals surface area contributed by atoms with Crippen LogP contribution < -0.4 is 4.90 Å². The summed E-state index contributed by atoms with van der Waals surface area (Å²) in [6, 6.07) is 9.29. The Labute approximate surface area is 207 Å². The van der Waals surface area contributed by atoms with Crippen molar-refractivity contribution in [2.45, 2.75) is 32.1 Å². The first-order valence-electron chi connectivity index (χ1n) is 10.4. The molecule has 32 heavy (non-hydrogen) atoms. The van der Waals surface area contributed by atoms with Crippen molar-refractivity contribution < 1.29 is 8.42 Å². The monoisotopic (exact) mass is 553 g/mol. The van der Waals surface area contributed by atoms with Crippen LogP contribution >= 0.6 is 38.9 Å². The zero-order valence-corrected chi connectivity index (χ0v) is 22.2. The molecule has 0 unspecified atom stereocenters. The van der Waals surface area contributed by atoms with Gasteiger partial charge in [-0.3, -0.25) is 0 Å². The number of aryl methyl sites for hydroxylation is 3. The molecule has 2 aromatic carbocycles. The van der Waals surface area contributed by atoms with Gasteiger partial charge < -0.3 is 4.90 Å². The molecule has 0 spiro atoms. The molecule has 0 amide bonds. The van der Waals surface area contributed by atoms with E-state index < -0.39 is 10.0 Å². The van der Waals surface area contributed by atoms with Gasteiger partial charge in [0.1, 0.15) is 4.90 Å². The second kappa shape index (κ2) is 9.43. The molecular weight excluding hydrogens is 530 g/mol. The smallest absolute Gasteiger partial charge is 0.244 e. The average molecular weight is 555 g/mol. The average Bonchev–Trinajstić information content (AvgIpc) is 3.19. The second-order valence-corrected chi connectivity index (χ2v) is 12.2. The summed E-state index contributed by atoms with van der Waals surface area (Å²) in [6.45, 7) is 8.43. The van der Waals surface area contributed by atoms with Gasteiger partial charge in [0.2, 0.25) is 10.0 Å². The van der Waals surface area contributed by atoms with Crippen LogP contribution in [0.5, 0.6) is 0 Å². The number of hydrogen-bond donors (Lipinski definition) is 0. The third-order valence-electron chi connectivity index (χ3n) is 5.76. The fourth-order valence-electron chi connectivity index (χ4n) is 4.14. The number of aromatic nitrogens is 1. The standard InChI is InChI=1S/C23H25BrClN3O2S2/c1-15-10-16(2)20(17(3)11-15)13-19-14-31-23(26-19)27-6-8-28(9-7-27)32(29,30)22-5-4-18(24)12-21(22)25/h4-5,10-12,14H,6-9,13H2,1-3H3. The second-order valence-electron chi connectivity index (χ2n) is 8.14. The molecule has 170 valence electrons. The van der Waals surface area contributed by atoms with Gasteiger partial charge in [-0.05, 0) is 55.7 Å².